The van der Waals surface area contributed by atoms with Crippen LogP contribution in [0.3, 0.4) is 0 Å². The molecule has 2 N–H and O–H groups in total. The van der Waals surface area contributed by atoms with Crippen LogP contribution in [0.5, 0.6) is 5.75 Å². The number of anilines is 2. The quantitative estimate of drug-likeness (QED) is 0.859. The van der Waals surface area contributed by atoms with Gasteiger partial charge in [0.15, 0.2) is 5.13 Å². The highest BCUT2D eigenvalue weighted by Crippen LogP contribution is 2.40. The number of halogens is 1. The van der Waals surface area contributed by atoms with E-state index in [1.165, 1.54) is 11.3 Å². The third-order valence-electron chi connectivity index (χ3n) is 3.42. The smallest absolute Gasteiger partial charge is 0.312 e. The normalized spacial score (nSPS) is 16.6. The SMILES string of the molecule is COc1ccc(Br)cc1Nc1nc2c(s1)CCC2C(=O)O. The number of carboxylic acids is 1. The maximum absolute atomic E-state index is 11.2. The van der Waals surface area contributed by atoms with Gasteiger partial charge < -0.3 is 15.2 Å². The Morgan fingerprint density at radius 1 is 1.57 bits per heavy atom. The van der Waals surface area contributed by atoms with Gasteiger partial charge in [-0.1, -0.05) is 15.9 Å². The molecule has 110 valence electrons. The summed E-state index contributed by atoms with van der Waals surface area (Å²) >= 11 is 4.93. The van der Waals surface area contributed by atoms with Gasteiger partial charge in [-0.05, 0) is 31.0 Å². The maximum Gasteiger partial charge on any atom is 0.312 e. The van der Waals surface area contributed by atoms with Crippen molar-refractivity contribution in [2.24, 2.45) is 0 Å². The van der Waals surface area contributed by atoms with Gasteiger partial charge in [0.2, 0.25) is 0 Å². The minimum Gasteiger partial charge on any atom is -0.495 e. The van der Waals surface area contributed by atoms with E-state index in [2.05, 4.69) is 26.2 Å². The number of aryl methyl sites for hydroxylation is 1. The topological polar surface area (TPSA) is 71.5 Å². The number of rotatable bonds is 4. The van der Waals surface area contributed by atoms with Crippen molar-refractivity contribution in [1.82, 2.24) is 4.98 Å². The number of nitrogens with one attached hydrogen (secondary N) is 1. The van der Waals surface area contributed by atoms with Gasteiger partial charge in [-0.15, -0.1) is 11.3 Å². The molecule has 0 fully saturated rings. The lowest BCUT2D eigenvalue weighted by Crippen LogP contribution is -2.08. The molecule has 1 heterocycles. The van der Waals surface area contributed by atoms with Crippen LogP contribution in [0.1, 0.15) is 22.9 Å². The molecular weight excluding hydrogens is 356 g/mol. The summed E-state index contributed by atoms with van der Waals surface area (Å²) in [6.45, 7) is 0. The van der Waals surface area contributed by atoms with Gasteiger partial charge in [0.05, 0.1) is 18.5 Å². The molecule has 1 unspecified atom stereocenters. The van der Waals surface area contributed by atoms with E-state index in [0.717, 1.165) is 21.5 Å². The molecule has 7 heteroatoms. The van der Waals surface area contributed by atoms with E-state index in [9.17, 15) is 9.90 Å². The fourth-order valence-electron chi connectivity index (χ4n) is 2.41. The Morgan fingerprint density at radius 3 is 3.10 bits per heavy atom. The molecule has 5 nitrogen and oxygen atoms in total. The van der Waals surface area contributed by atoms with E-state index in [-0.39, 0.29) is 0 Å². The second-order valence-corrected chi connectivity index (χ2v) is 6.73. The van der Waals surface area contributed by atoms with E-state index in [0.29, 0.717) is 23.0 Å². The van der Waals surface area contributed by atoms with Crippen molar-refractivity contribution in [3.63, 3.8) is 0 Å². The van der Waals surface area contributed by atoms with Crippen LogP contribution in [0.25, 0.3) is 0 Å². The fourth-order valence-corrected chi connectivity index (χ4v) is 3.83. The summed E-state index contributed by atoms with van der Waals surface area (Å²) in [6.07, 6.45) is 1.42. The summed E-state index contributed by atoms with van der Waals surface area (Å²) < 4.78 is 6.24. The molecule has 0 amide bonds. The monoisotopic (exact) mass is 368 g/mol. The van der Waals surface area contributed by atoms with Crippen LogP contribution in [0, 0.1) is 0 Å². The maximum atomic E-state index is 11.2. The molecule has 0 radical (unpaired) electrons. The Kier molecular flexibility index (Phi) is 3.86. The Balaban J connectivity index is 1.89. The Labute approximate surface area is 134 Å². The van der Waals surface area contributed by atoms with Gasteiger partial charge in [-0.2, -0.15) is 0 Å². The number of methoxy groups -OCH3 is 1. The average Bonchev–Trinajstić information content (AvgIpc) is 2.98. The van der Waals surface area contributed by atoms with Crippen molar-refractivity contribution in [1.29, 1.82) is 0 Å². The summed E-state index contributed by atoms with van der Waals surface area (Å²) in [5, 5.41) is 13.1. The van der Waals surface area contributed by atoms with E-state index in [1.807, 2.05) is 18.2 Å². The summed E-state index contributed by atoms with van der Waals surface area (Å²) in [4.78, 5) is 16.7. The van der Waals surface area contributed by atoms with E-state index in [4.69, 9.17) is 4.74 Å². The van der Waals surface area contributed by atoms with Gasteiger partial charge in [-0.3, -0.25) is 4.79 Å². The van der Waals surface area contributed by atoms with Crippen molar-refractivity contribution in [3.05, 3.63) is 33.2 Å². The first-order valence-electron chi connectivity index (χ1n) is 6.41. The van der Waals surface area contributed by atoms with Gasteiger partial charge in [0.25, 0.3) is 0 Å². The Hall–Kier alpha value is -1.60. The third kappa shape index (κ3) is 2.75. The second kappa shape index (κ2) is 5.65. The molecule has 0 aliphatic heterocycles. The first-order chi connectivity index (χ1) is 10.1. The summed E-state index contributed by atoms with van der Waals surface area (Å²) in [5.74, 6) is -0.565. The predicted molar refractivity (Wildman–Crippen MR) is 84.8 cm³/mol. The van der Waals surface area contributed by atoms with Crippen LogP contribution in [-0.2, 0) is 11.2 Å². The minimum absolute atomic E-state index is 0.476. The van der Waals surface area contributed by atoms with Crippen molar-refractivity contribution < 1.29 is 14.6 Å². The number of carboxylic acid groups (broad SMARTS) is 1. The highest BCUT2D eigenvalue weighted by Gasteiger charge is 2.32. The molecule has 0 saturated heterocycles. The number of carbonyl (C=O) groups is 1. The van der Waals surface area contributed by atoms with E-state index >= 15 is 0 Å². The van der Waals surface area contributed by atoms with Crippen LogP contribution in [0.4, 0.5) is 10.8 Å². The molecule has 3 rings (SSSR count). The molecular formula is C14H13BrN2O3S. The predicted octanol–water partition coefficient (Wildman–Crippen LogP) is 3.77. The van der Waals surface area contributed by atoms with Gasteiger partial charge in [0, 0.05) is 9.35 Å². The number of fused-ring (bicyclic) bond motifs is 1. The number of thiazole rings is 1. The molecule has 1 atom stereocenters. The molecule has 0 spiro atoms. The summed E-state index contributed by atoms with van der Waals surface area (Å²) in [7, 11) is 1.61. The Morgan fingerprint density at radius 2 is 2.38 bits per heavy atom. The second-order valence-electron chi connectivity index (χ2n) is 4.73. The first-order valence-corrected chi connectivity index (χ1v) is 8.02. The van der Waals surface area contributed by atoms with Crippen molar-refractivity contribution >= 4 is 44.1 Å². The molecule has 2 aromatic rings. The van der Waals surface area contributed by atoms with Crippen molar-refractivity contribution in [2.45, 2.75) is 18.8 Å². The summed E-state index contributed by atoms with van der Waals surface area (Å²) in [6, 6.07) is 5.65. The number of hydrogen-bond acceptors (Lipinski definition) is 5. The zero-order valence-corrected chi connectivity index (χ0v) is 13.6. The first kappa shape index (κ1) is 14.3. The Bertz CT molecular complexity index is 702. The zero-order valence-electron chi connectivity index (χ0n) is 11.2. The van der Waals surface area contributed by atoms with Crippen LogP contribution >= 0.6 is 27.3 Å². The van der Waals surface area contributed by atoms with Crippen LogP contribution in [-0.4, -0.2) is 23.2 Å². The number of benzene rings is 1. The van der Waals surface area contributed by atoms with Crippen LogP contribution in [0.2, 0.25) is 0 Å². The molecule has 0 saturated carbocycles. The molecule has 1 aromatic carbocycles. The number of aromatic nitrogens is 1. The van der Waals surface area contributed by atoms with E-state index < -0.39 is 11.9 Å². The van der Waals surface area contributed by atoms with Gasteiger partial charge >= 0.3 is 5.97 Å². The largest absolute Gasteiger partial charge is 0.495 e. The highest BCUT2D eigenvalue weighted by atomic mass is 79.9. The fraction of sp³-hybridized carbons (Fsp3) is 0.286. The lowest BCUT2D eigenvalue weighted by Gasteiger charge is -2.09. The molecule has 1 aliphatic carbocycles. The molecule has 21 heavy (non-hydrogen) atoms. The van der Waals surface area contributed by atoms with Gasteiger partial charge in [-0.25, -0.2) is 4.98 Å². The molecule has 0 bridgehead atoms. The lowest BCUT2D eigenvalue weighted by atomic mass is 10.1. The number of ether oxygens (including phenoxy) is 1. The van der Waals surface area contributed by atoms with Crippen molar-refractivity contribution in [2.75, 3.05) is 12.4 Å². The third-order valence-corrected chi connectivity index (χ3v) is 4.96. The molecule has 1 aliphatic rings. The number of aliphatic carboxylic acids is 1. The average molecular weight is 369 g/mol. The zero-order chi connectivity index (χ0) is 15.0. The molecule has 1 aromatic heterocycles. The van der Waals surface area contributed by atoms with Gasteiger partial charge in [0.1, 0.15) is 11.7 Å². The number of nitrogens with zero attached hydrogens (tertiary/aromatic N) is 1. The standard InChI is InChI=1S/C14H13BrN2O3S/c1-20-10-4-2-7(15)6-9(10)16-14-17-12-8(13(18)19)3-5-11(12)21-14/h2,4,6,8H,3,5H2,1H3,(H,16,17)(H,18,19). The van der Waals surface area contributed by atoms with Crippen molar-refractivity contribution in [3.8, 4) is 5.75 Å². The number of hydrogen-bond donors (Lipinski definition) is 2. The highest BCUT2D eigenvalue weighted by molar-refractivity contribution is 9.10. The summed E-state index contributed by atoms with van der Waals surface area (Å²) in [5.41, 5.74) is 1.50. The lowest BCUT2D eigenvalue weighted by molar-refractivity contribution is -0.138. The van der Waals surface area contributed by atoms with E-state index in [1.54, 1.807) is 7.11 Å². The van der Waals surface area contributed by atoms with Crippen LogP contribution < -0.4 is 10.1 Å². The van der Waals surface area contributed by atoms with Crippen LogP contribution in [0.15, 0.2) is 22.7 Å². The minimum atomic E-state index is -0.800.